The van der Waals surface area contributed by atoms with Gasteiger partial charge in [-0.2, -0.15) is 0 Å². The van der Waals surface area contributed by atoms with Crippen LogP contribution in [-0.2, 0) is 11.3 Å². The fraction of sp³-hybridized carbons (Fsp3) is 0.417. The van der Waals surface area contributed by atoms with Crippen LogP contribution >= 0.6 is 0 Å². The van der Waals surface area contributed by atoms with Gasteiger partial charge < -0.3 is 10.6 Å². The SMILES string of the molecule is CCC(=O)N(CCN)Cc1ccccc1. The summed E-state index contributed by atoms with van der Waals surface area (Å²) in [7, 11) is 0. The van der Waals surface area contributed by atoms with Gasteiger partial charge in [0.15, 0.2) is 0 Å². The third kappa shape index (κ3) is 3.72. The van der Waals surface area contributed by atoms with Crippen molar-refractivity contribution in [3.05, 3.63) is 35.9 Å². The van der Waals surface area contributed by atoms with Crippen molar-refractivity contribution < 1.29 is 4.79 Å². The molecule has 0 heterocycles. The van der Waals surface area contributed by atoms with E-state index in [0.717, 1.165) is 5.56 Å². The lowest BCUT2D eigenvalue weighted by Gasteiger charge is -2.21. The molecule has 3 nitrogen and oxygen atoms in total. The van der Waals surface area contributed by atoms with Crippen molar-refractivity contribution in [2.45, 2.75) is 19.9 Å². The van der Waals surface area contributed by atoms with E-state index in [4.69, 9.17) is 5.73 Å². The van der Waals surface area contributed by atoms with Crippen LogP contribution in [0.3, 0.4) is 0 Å². The first-order chi connectivity index (χ1) is 7.27. The van der Waals surface area contributed by atoms with Crippen LogP contribution in [0.15, 0.2) is 30.3 Å². The molecule has 0 saturated heterocycles. The maximum atomic E-state index is 11.6. The van der Waals surface area contributed by atoms with Gasteiger partial charge in [0.05, 0.1) is 0 Å². The molecule has 15 heavy (non-hydrogen) atoms. The summed E-state index contributed by atoms with van der Waals surface area (Å²) in [4.78, 5) is 13.4. The molecule has 0 fully saturated rings. The zero-order chi connectivity index (χ0) is 11.1. The third-order valence-electron chi connectivity index (χ3n) is 2.27. The molecule has 0 aliphatic heterocycles. The molecule has 1 amide bonds. The van der Waals surface area contributed by atoms with Crippen molar-refractivity contribution in [1.29, 1.82) is 0 Å². The minimum atomic E-state index is 0.157. The highest BCUT2D eigenvalue weighted by atomic mass is 16.2. The number of nitrogens with two attached hydrogens (primary N) is 1. The van der Waals surface area contributed by atoms with E-state index in [2.05, 4.69) is 0 Å². The van der Waals surface area contributed by atoms with Crippen LogP contribution in [0.5, 0.6) is 0 Å². The van der Waals surface area contributed by atoms with Crippen LogP contribution in [-0.4, -0.2) is 23.9 Å². The lowest BCUT2D eigenvalue weighted by Crippen LogP contribution is -2.34. The van der Waals surface area contributed by atoms with Gasteiger partial charge in [0.25, 0.3) is 0 Å². The predicted octanol–water partition coefficient (Wildman–Crippen LogP) is 1.38. The number of rotatable bonds is 5. The zero-order valence-electron chi connectivity index (χ0n) is 9.15. The van der Waals surface area contributed by atoms with Crippen molar-refractivity contribution in [3.8, 4) is 0 Å². The van der Waals surface area contributed by atoms with Crippen molar-refractivity contribution in [2.24, 2.45) is 5.73 Å². The molecule has 0 unspecified atom stereocenters. The number of carbonyl (C=O) groups is 1. The Morgan fingerprint density at radius 1 is 1.33 bits per heavy atom. The van der Waals surface area contributed by atoms with Crippen LogP contribution in [0.1, 0.15) is 18.9 Å². The second kappa shape index (κ2) is 6.19. The lowest BCUT2D eigenvalue weighted by atomic mass is 10.2. The van der Waals surface area contributed by atoms with Crippen LogP contribution in [0.4, 0.5) is 0 Å². The van der Waals surface area contributed by atoms with Gasteiger partial charge in [0, 0.05) is 26.1 Å². The summed E-state index contributed by atoms with van der Waals surface area (Å²) in [6.45, 7) is 3.67. The van der Waals surface area contributed by atoms with Crippen LogP contribution in [0.2, 0.25) is 0 Å². The van der Waals surface area contributed by atoms with Gasteiger partial charge in [-0.25, -0.2) is 0 Å². The standard InChI is InChI=1S/C12H18N2O/c1-2-12(15)14(9-8-13)10-11-6-4-3-5-7-11/h3-7H,2,8-10,13H2,1H3. The average molecular weight is 206 g/mol. The van der Waals surface area contributed by atoms with Gasteiger partial charge >= 0.3 is 0 Å². The van der Waals surface area contributed by atoms with Gasteiger partial charge in [0.2, 0.25) is 5.91 Å². The molecular weight excluding hydrogens is 188 g/mol. The Labute approximate surface area is 90.9 Å². The highest BCUT2D eigenvalue weighted by Crippen LogP contribution is 2.05. The highest BCUT2D eigenvalue weighted by Gasteiger charge is 2.10. The van der Waals surface area contributed by atoms with Gasteiger partial charge in [-0.05, 0) is 5.56 Å². The van der Waals surface area contributed by atoms with Crippen LogP contribution in [0.25, 0.3) is 0 Å². The van der Waals surface area contributed by atoms with E-state index in [1.54, 1.807) is 4.90 Å². The summed E-state index contributed by atoms with van der Waals surface area (Å²) >= 11 is 0. The smallest absolute Gasteiger partial charge is 0.222 e. The summed E-state index contributed by atoms with van der Waals surface area (Å²) in [6, 6.07) is 9.97. The van der Waals surface area contributed by atoms with E-state index in [0.29, 0.717) is 26.1 Å². The summed E-state index contributed by atoms with van der Waals surface area (Å²) < 4.78 is 0. The van der Waals surface area contributed by atoms with Gasteiger partial charge in [0.1, 0.15) is 0 Å². The Balaban J connectivity index is 2.62. The number of amides is 1. The molecule has 0 aliphatic carbocycles. The summed E-state index contributed by atoms with van der Waals surface area (Å²) in [5.41, 5.74) is 6.63. The molecule has 0 bridgehead atoms. The Kier molecular flexibility index (Phi) is 4.84. The Bertz CT molecular complexity index is 298. The van der Waals surface area contributed by atoms with Crippen LogP contribution in [0, 0.1) is 0 Å². The molecule has 1 aromatic carbocycles. The molecular formula is C12H18N2O. The first-order valence-electron chi connectivity index (χ1n) is 5.29. The Morgan fingerprint density at radius 3 is 2.53 bits per heavy atom. The number of nitrogens with zero attached hydrogens (tertiary/aromatic N) is 1. The van der Waals surface area contributed by atoms with Crippen molar-refractivity contribution >= 4 is 5.91 Å². The second-order valence-electron chi connectivity index (χ2n) is 3.44. The molecule has 0 spiro atoms. The van der Waals surface area contributed by atoms with Gasteiger partial charge in [-0.3, -0.25) is 4.79 Å². The minimum absolute atomic E-state index is 0.157. The number of benzene rings is 1. The van der Waals surface area contributed by atoms with E-state index in [-0.39, 0.29) is 5.91 Å². The van der Waals surface area contributed by atoms with Crippen molar-refractivity contribution in [3.63, 3.8) is 0 Å². The molecule has 0 aliphatic rings. The number of hydrogen-bond acceptors (Lipinski definition) is 2. The maximum Gasteiger partial charge on any atom is 0.222 e. The van der Waals surface area contributed by atoms with E-state index >= 15 is 0 Å². The first kappa shape index (κ1) is 11.7. The molecule has 3 heteroatoms. The number of hydrogen-bond donors (Lipinski definition) is 1. The van der Waals surface area contributed by atoms with E-state index in [1.807, 2.05) is 37.3 Å². The van der Waals surface area contributed by atoms with Crippen LogP contribution < -0.4 is 5.73 Å². The quantitative estimate of drug-likeness (QED) is 0.791. The molecule has 0 atom stereocenters. The largest absolute Gasteiger partial charge is 0.337 e. The summed E-state index contributed by atoms with van der Waals surface area (Å²) in [5, 5.41) is 0. The second-order valence-corrected chi connectivity index (χ2v) is 3.44. The molecule has 1 aromatic rings. The summed E-state index contributed by atoms with van der Waals surface area (Å²) in [5.74, 6) is 0.157. The van der Waals surface area contributed by atoms with E-state index in [1.165, 1.54) is 0 Å². The minimum Gasteiger partial charge on any atom is -0.337 e. The monoisotopic (exact) mass is 206 g/mol. The zero-order valence-corrected chi connectivity index (χ0v) is 9.15. The Hall–Kier alpha value is -1.35. The maximum absolute atomic E-state index is 11.6. The highest BCUT2D eigenvalue weighted by molar-refractivity contribution is 5.75. The molecule has 82 valence electrons. The Morgan fingerprint density at radius 2 is 2.00 bits per heavy atom. The lowest BCUT2D eigenvalue weighted by molar-refractivity contribution is -0.131. The normalized spacial score (nSPS) is 10.0. The molecule has 0 saturated carbocycles. The molecule has 1 rings (SSSR count). The van der Waals surface area contributed by atoms with Crippen molar-refractivity contribution in [1.82, 2.24) is 4.90 Å². The van der Waals surface area contributed by atoms with Gasteiger partial charge in [-0.15, -0.1) is 0 Å². The summed E-state index contributed by atoms with van der Waals surface area (Å²) in [6.07, 6.45) is 0.535. The third-order valence-corrected chi connectivity index (χ3v) is 2.27. The van der Waals surface area contributed by atoms with Gasteiger partial charge in [-0.1, -0.05) is 37.3 Å². The van der Waals surface area contributed by atoms with E-state index in [9.17, 15) is 4.79 Å². The van der Waals surface area contributed by atoms with E-state index < -0.39 is 0 Å². The topological polar surface area (TPSA) is 46.3 Å². The number of carbonyl (C=O) groups excluding carboxylic acids is 1. The average Bonchev–Trinajstić information content (AvgIpc) is 2.29. The fourth-order valence-electron chi connectivity index (χ4n) is 1.48. The first-order valence-corrected chi connectivity index (χ1v) is 5.29. The molecule has 0 radical (unpaired) electrons. The molecule has 0 aromatic heterocycles. The molecule has 2 N–H and O–H groups in total. The fourth-order valence-corrected chi connectivity index (χ4v) is 1.48. The van der Waals surface area contributed by atoms with Crippen molar-refractivity contribution in [2.75, 3.05) is 13.1 Å². The predicted molar refractivity (Wildman–Crippen MR) is 61.2 cm³/mol.